The van der Waals surface area contributed by atoms with Crippen molar-refractivity contribution in [2.45, 2.75) is 6.18 Å². The molecule has 0 unspecified atom stereocenters. The highest BCUT2D eigenvalue weighted by atomic mass is 19.4. The van der Waals surface area contributed by atoms with Crippen molar-refractivity contribution in [3.63, 3.8) is 0 Å². The minimum atomic E-state index is -4.52. The second-order valence-corrected chi connectivity index (χ2v) is 6.28. The predicted octanol–water partition coefficient (Wildman–Crippen LogP) is 4.77. The topological polar surface area (TPSA) is 78.0 Å². The molecule has 0 saturated carbocycles. The minimum Gasteiger partial charge on any atom is -0.494 e. The number of hydrogen-bond acceptors (Lipinski definition) is 5. The van der Waals surface area contributed by atoms with Crippen molar-refractivity contribution in [1.29, 1.82) is 0 Å². The van der Waals surface area contributed by atoms with Crippen molar-refractivity contribution in [2.24, 2.45) is 0 Å². The van der Waals surface area contributed by atoms with Gasteiger partial charge in [0.2, 0.25) is 5.95 Å². The lowest BCUT2D eigenvalue weighted by Gasteiger charge is -2.14. The number of methoxy groups -OCH3 is 1. The van der Waals surface area contributed by atoms with Gasteiger partial charge in [0.05, 0.1) is 12.7 Å². The van der Waals surface area contributed by atoms with Crippen LogP contribution in [0.3, 0.4) is 0 Å². The Kier molecular flexibility index (Phi) is 4.50. The summed E-state index contributed by atoms with van der Waals surface area (Å²) in [5, 5.41) is 3.56. The second-order valence-electron chi connectivity index (χ2n) is 6.28. The van der Waals surface area contributed by atoms with E-state index in [9.17, 15) is 13.2 Å². The number of para-hydroxylation sites is 1. The summed E-state index contributed by atoms with van der Waals surface area (Å²) in [6.45, 7) is 0. The van der Waals surface area contributed by atoms with Crippen LogP contribution in [0.4, 0.5) is 30.5 Å². The molecule has 0 radical (unpaired) electrons. The summed E-state index contributed by atoms with van der Waals surface area (Å²) in [6.07, 6.45) is -0.893. The number of benzene rings is 2. The number of ether oxygens (including phenoxy) is 1. The van der Waals surface area contributed by atoms with E-state index in [0.717, 1.165) is 17.5 Å². The highest BCUT2D eigenvalue weighted by Crippen LogP contribution is 2.34. The molecule has 2 aromatic carbocycles. The molecule has 0 bridgehead atoms. The van der Waals surface area contributed by atoms with E-state index in [2.05, 4.69) is 15.3 Å². The molecule has 6 nitrogen and oxygen atoms in total. The summed E-state index contributed by atoms with van der Waals surface area (Å²) in [4.78, 5) is 8.95. The van der Waals surface area contributed by atoms with E-state index in [-0.39, 0.29) is 17.3 Å². The van der Waals surface area contributed by atoms with E-state index in [1.807, 2.05) is 36.7 Å². The van der Waals surface area contributed by atoms with Gasteiger partial charge in [0.25, 0.3) is 0 Å². The van der Waals surface area contributed by atoms with Crippen LogP contribution in [0.25, 0.3) is 16.7 Å². The summed E-state index contributed by atoms with van der Waals surface area (Å²) in [5.41, 5.74) is 5.42. The van der Waals surface area contributed by atoms with Crippen LogP contribution in [0.2, 0.25) is 0 Å². The van der Waals surface area contributed by atoms with Gasteiger partial charge >= 0.3 is 6.18 Å². The van der Waals surface area contributed by atoms with E-state index in [0.29, 0.717) is 17.1 Å². The smallest absolute Gasteiger partial charge is 0.416 e. The van der Waals surface area contributed by atoms with E-state index >= 15 is 0 Å². The number of nitrogens with two attached hydrogens (primary N) is 1. The number of alkyl halides is 3. The lowest BCUT2D eigenvalue weighted by atomic mass is 10.1. The first-order chi connectivity index (χ1) is 13.8. The molecule has 0 amide bonds. The first-order valence-corrected chi connectivity index (χ1v) is 8.58. The number of hydrogen-bond donors (Lipinski definition) is 2. The van der Waals surface area contributed by atoms with Gasteiger partial charge < -0.3 is 20.4 Å². The van der Waals surface area contributed by atoms with Crippen LogP contribution in [0.1, 0.15) is 5.56 Å². The average molecular weight is 399 g/mol. The zero-order valence-corrected chi connectivity index (χ0v) is 15.2. The largest absolute Gasteiger partial charge is 0.494 e. The SMILES string of the molecule is COc1cccc2c(-n3cccc3)nc(Nc3cc(N)cc(C(F)(F)F)c3)nc12. The van der Waals surface area contributed by atoms with E-state index in [4.69, 9.17) is 10.5 Å². The zero-order chi connectivity index (χ0) is 20.6. The Balaban J connectivity index is 1.86. The molecule has 148 valence electrons. The van der Waals surface area contributed by atoms with Crippen molar-refractivity contribution in [1.82, 2.24) is 14.5 Å². The van der Waals surface area contributed by atoms with Crippen LogP contribution in [0.5, 0.6) is 5.75 Å². The van der Waals surface area contributed by atoms with Gasteiger partial charge in [-0.15, -0.1) is 0 Å². The van der Waals surface area contributed by atoms with Gasteiger partial charge in [-0.05, 0) is 42.5 Å². The number of anilines is 3. The van der Waals surface area contributed by atoms with Gasteiger partial charge in [-0.2, -0.15) is 18.2 Å². The van der Waals surface area contributed by atoms with Gasteiger partial charge in [-0.3, -0.25) is 0 Å². The first-order valence-electron chi connectivity index (χ1n) is 8.58. The molecule has 0 saturated heterocycles. The van der Waals surface area contributed by atoms with Crippen LogP contribution >= 0.6 is 0 Å². The zero-order valence-electron chi connectivity index (χ0n) is 15.2. The standard InChI is InChI=1S/C20H16F3N5O/c1-29-16-6-4-5-15-17(16)26-19(27-18(15)28-7-2-3-8-28)25-14-10-12(20(21,22)23)9-13(24)11-14/h2-11H,24H2,1H3,(H,25,26,27). The molecule has 4 aromatic rings. The fourth-order valence-electron chi connectivity index (χ4n) is 3.02. The number of halogens is 3. The Morgan fingerprint density at radius 1 is 1.03 bits per heavy atom. The van der Waals surface area contributed by atoms with Crippen molar-refractivity contribution < 1.29 is 17.9 Å². The van der Waals surface area contributed by atoms with Crippen LogP contribution in [0, 0.1) is 0 Å². The summed E-state index contributed by atoms with van der Waals surface area (Å²) in [6, 6.07) is 12.3. The normalized spacial score (nSPS) is 11.6. The second kappa shape index (κ2) is 7.01. The third-order valence-electron chi connectivity index (χ3n) is 4.28. The summed E-state index contributed by atoms with van der Waals surface area (Å²) >= 11 is 0. The number of nitrogens with one attached hydrogen (secondary N) is 1. The molecule has 3 N–H and O–H groups in total. The summed E-state index contributed by atoms with van der Waals surface area (Å²) in [5.74, 6) is 1.19. The fourth-order valence-corrected chi connectivity index (χ4v) is 3.02. The first kappa shape index (κ1) is 18.6. The van der Waals surface area contributed by atoms with E-state index < -0.39 is 11.7 Å². The molecule has 9 heteroatoms. The Morgan fingerprint density at radius 2 is 1.79 bits per heavy atom. The van der Waals surface area contributed by atoms with Crippen molar-refractivity contribution in [3.8, 4) is 11.6 Å². The van der Waals surface area contributed by atoms with Gasteiger partial charge in [-0.1, -0.05) is 6.07 Å². The number of nitrogens with zero attached hydrogens (tertiary/aromatic N) is 3. The molecule has 2 heterocycles. The molecule has 0 aliphatic carbocycles. The van der Waals surface area contributed by atoms with Crippen molar-refractivity contribution >= 4 is 28.2 Å². The van der Waals surface area contributed by atoms with Crippen LogP contribution in [0.15, 0.2) is 60.9 Å². The average Bonchev–Trinajstić information content (AvgIpc) is 3.20. The summed E-state index contributed by atoms with van der Waals surface area (Å²) < 4.78 is 46.5. The number of aromatic nitrogens is 3. The number of rotatable bonds is 4. The summed E-state index contributed by atoms with van der Waals surface area (Å²) in [7, 11) is 1.52. The fraction of sp³-hybridized carbons (Fsp3) is 0.100. The molecular weight excluding hydrogens is 383 g/mol. The van der Waals surface area contributed by atoms with Gasteiger partial charge in [-0.25, -0.2) is 4.98 Å². The van der Waals surface area contributed by atoms with Gasteiger partial charge in [0.1, 0.15) is 17.1 Å². The third-order valence-corrected chi connectivity index (χ3v) is 4.28. The van der Waals surface area contributed by atoms with Crippen molar-refractivity contribution in [3.05, 3.63) is 66.5 Å². The minimum absolute atomic E-state index is 0.0219. The Hall–Kier alpha value is -3.75. The highest BCUT2D eigenvalue weighted by Gasteiger charge is 2.31. The van der Waals surface area contributed by atoms with Crippen LogP contribution < -0.4 is 15.8 Å². The lowest BCUT2D eigenvalue weighted by Crippen LogP contribution is -2.08. The molecule has 2 aromatic heterocycles. The highest BCUT2D eigenvalue weighted by molar-refractivity contribution is 5.91. The monoisotopic (exact) mass is 399 g/mol. The maximum atomic E-state index is 13.1. The molecule has 0 spiro atoms. The molecule has 29 heavy (non-hydrogen) atoms. The predicted molar refractivity (Wildman–Crippen MR) is 105 cm³/mol. The third kappa shape index (κ3) is 3.66. The van der Waals surface area contributed by atoms with E-state index in [1.54, 1.807) is 10.6 Å². The van der Waals surface area contributed by atoms with Gasteiger partial charge in [0.15, 0.2) is 0 Å². The molecule has 0 fully saturated rings. The van der Waals surface area contributed by atoms with E-state index in [1.165, 1.54) is 13.2 Å². The maximum absolute atomic E-state index is 13.1. The Bertz CT molecular complexity index is 1170. The molecule has 0 aliphatic heterocycles. The molecule has 0 aliphatic rings. The maximum Gasteiger partial charge on any atom is 0.416 e. The Labute approximate surface area is 163 Å². The molecule has 4 rings (SSSR count). The molecule has 0 atom stereocenters. The van der Waals surface area contributed by atoms with Crippen LogP contribution in [-0.2, 0) is 6.18 Å². The quantitative estimate of drug-likeness (QED) is 0.483. The number of nitrogen functional groups attached to an aromatic ring is 1. The number of fused-ring (bicyclic) bond motifs is 1. The van der Waals surface area contributed by atoms with Gasteiger partial charge in [0, 0.05) is 29.2 Å². The van der Waals surface area contributed by atoms with Crippen molar-refractivity contribution in [2.75, 3.05) is 18.2 Å². The lowest BCUT2D eigenvalue weighted by molar-refractivity contribution is -0.137. The Morgan fingerprint density at radius 3 is 2.48 bits per heavy atom. The van der Waals surface area contributed by atoms with Crippen LogP contribution in [-0.4, -0.2) is 21.6 Å². The molecular formula is C20H16F3N5O.